The minimum absolute atomic E-state index is 0.0697. The highest BCUT2D eigenvalue weighted by Crippen LogP contribution is 2.13. The predicted molar refractivity (Wildman–Crippen MR) is 67.2 cm³/mol. The highest BCUT2D eigenvalue weighted by molar-refractivity contribution is 7.91. The summed E-state index contributed by atoms with van der Waals surface area (Å²) in [6, 6.07) is -0.399. The molecule has 2 saturated heterocycles. The number of ether oxygens (including phenoxy) is 1. The van der Waals surface area contributed by atoms with Crippen molar-refractivity contribution in [2.24, 2.45) is 0 Å². The lowest BCUT2D eigenvalue weighted by molar-refractivity contribution is -0.0156. The highest BCUT2D eigenvalue weighted by Gasteiger charge is 2.31. The summed E-state index contributed by atoms with van der Waals surface area (Å²) >= 11 is 0. The van der Waals surface area contributed by atoms with Gasteiger partial charge in [0.1, 0.15) is 0 Å². The number of hydrogen-bond acceptors (Lipinski definition) is 4. The van der Waals surface area contributed by atoms with E-state index >= 15 is 0 Å². The van der Waals surface area contributed by atoms with E-state index in [1.54, 1.807) is 4.90 Å². The molecule has 7 heteroatoms. The second-order valence-corrected chi connectivity index (χ2v) is 7.13. The zero-order valence-corrected chi connectivity index (χ0v) is 11.4. The first-order chi connectivity index (χ1) is 8.50. The molecule has 2 heterocycles. The summed E-state index contributed by atoms with van der Waals surface area (Å²) in [6.07, 6.45) is 1.49. The van der Waals surface area contributed by atoms with Gasteiger partial charge in [0.2, 0.25) is 0 Å². The maximum atomic E-state index is 12.0. The van der Waals surface area contributed by atoms with Crippen LogP contribution in [0.3, 0.4) is 0 Å². The minimum Gasteiger partial charge on any atom is -0.375 e. The van der Waals surface area contributed by atoms with Crippen molar-refractivity contribution in [3.8, 4) is 0 Å². The lowest BCUT2D eigenvalue weighted by atomic mass is 10.2. The predicted octanol–water partition coefficient (Wildman–Crippen LogP) is -0.00610. The van der Waals surface area contributed by atoms with Gasteiger partial charge in [-0.25, -0.2) is 13.2 Å². The van der Waals surface area contributed by atoms with Crippen molar-refractivity contribution in [1.29, 1.82) is 0 Å². The van der Waals surface area contributed by atoms with Crippen LogP contribution >= 0.6 is 0 Å². The standard InChI is InChI=1S/C11H20N2O4S/c1-2-10-7-13(4-5-17-10)11(14)12-9-3-6-18(15,16)8-9/h9-10H,2-8H2,1H3,(H,12,14)/t9-,10+/m0/s1. The van der Waals surface area contributed by atoms with Gasteiger partial charge in [0.15, 0.2) is 9.84 Å². The van der Waals surface area contributed by atoms with Crippen molar-refractivity contribution in [2.75, 3.05) is 31.2 Å². The first-order valence-electron chi connectivity index (χ1n) is 6.37. The molecule has 2 fully saturated rings. The maximum Gasteiger partial charge on any atom is 0.317 e. The van der Waals surface area contributed by atoms with Crippen LogP contribution in [0.1, 0.15) is 19.8 Å². The molecular formula is C11H20N2O4S. The van der Waals surface area contributed by atoms with Gasteiger partial charge in [-0.15, -0.1) is 0 Å². The Labute approximate surface area is 108 Å². The Balaban J connectivity index is 1.84. The summed E-state index contributed by atoms with van der Waals surface area (Å²) in [6.45, 7) is 3.73. The van der Waals surface area contributed by atoms with Gasteiger partial charge in [-0.1, -0.05) is 6.92 Å². The summed E-state index contributed by atoms with van der Waals surface area (Å²) in [5.74, 6) is 0.249. The second kappa shape index (κ2) is 5.44. The molecule has 0 bridgehead atoms. The Morgan fingerprint density at radius 3 is 2.89 bits per heavy atom. The number of sulfone groups is 1. The fraction of sp³-hybridized carbons (Fsp3) is 0.909. The molecule has 0 aromatic heterocycles. The van der Waals surface area contributed by atoms with Gasteiger partial charge in [0.05, 0.1) is 24.2 Å². The Bertz CT molecular complexity index is 409. The molecule has 0 aliphatic carbocycles. The van der Waals surface area contributed by atoms with E-state index in [4.69, 9.17) is 4.74 Å². The Hall–Kier alpha value is -0.820. The molecule has 2 aliphatic heterocycles. The van der Waals surface area contributed by atoms with E-state index in [2.05, 4.69) is 5.32 Å². The van der Waals surface area contributed by atoms with Gasteiger partial charge < -0.3 is 15.0 Å². The van der Waals surface area contributed by atoms with Gasteiger partial charge in [0, 0.05) is 19.1 Å². The Kier molecular flexibility index (Phi) is 4.11. The topological polar surface area (TPSA) is 75.7 Å². The van der Waals surface area contributed by atoms with Gasteiger partial charge in [-0.05, 0) is 12.8 Å². The average Bonchev–Trinajstić information content (AvgIpc) is 2.68. The molecule has 0 spiro atoms. The van der Waals surface area contributed by atoms with Crippen LogP contribution < -0.4 is 5.32 Å². The van der Waals surface area contributed by atoms with Crippen molar-refractivity contribution < 1.29 is 17.9 Å². The minimum atomic E-state index is -2.95. The fourth-order valence-electron chi connectivity index (χ4n) is 2.33. The fourth-order valence-corrected chi connectivity index (χ4v) is 4.00. The van der Waals surface area contributed by atoms with Crippen LogP contribution in [0.5, 0.6) is 0 Å². The Morgan fingerprint density at radius 2 is 2.28 bits per heavy atom. The summed E-state index contributed by atoms with van der Waals surface area (Å²) in [7, 11) is -2.95. The molecule has 0 saturated carbocycles. The smallest absolute Gasteiger partial charge is 0.317 e. The van der Waals surface area contributed by atoms with E-state index in [1.165, 1.54) is 0 Å². The number of amides is 2. The van der Waals surface area contributed by atoms with Gasteiger partial charge in [0.25, 0.3) is 0 Å². The molecular weight excluding hydrogens is 256 g/mol. The number of nitrogens with zero attached hydrogens (tertiary/aromatic N) is 1. The molecule has 0 radical (unpaired) electrons. The number of rotatable bonds is 2. The molecule has 2 atom stereocenters. The highest BCUT2D eigenvalue weighted by atomic mass is 32.2. The third kappa shape index (κ3) is 3.35. The summed E-state index contributed by atoms with van der Waals surface area (Å²) in [5.41, 5.74) is 0. The van der Waals surface area contributed by atoms with Crippen molar-refractivity contribution in [2.45, 2.75) is 31.9 Å². The van der Waals surface area contributed by atoms with E-state index in [1.807, 2.05) is 6.92 Å². The second-order valence-electron chi connectivity index (χ2n) is 4.90. The van der Waals surface area contributed by atoms with E-state index in [0.717, 1.165) is 6.42 Å². The van der Waals surface area contributed by atoms with Crippen LogP contribution in [0.4, 0.5) is 4.79 Å². The lowest BCUT2D eigenvalue weighted by Gasteiger charge is -2.33. The van der Waals surface area contributed by atoms with Crippen LogP contribution in [0.25, 0.3) is 0 Å². The number of nitrogens with one attached hydrogen (secondary N) is 1. The molecule has 104 valence electrons. The number of urea groups is 1. The SMILES string of the molecule is CC[C@@H]1CN(C(=O)N[C@H]2CCS(=O)(=O)C2)CCO1. The van der Waals surface area contributed by atoms with Crippen molar-refractivity contribution in [3.63, 3.8) is 0 Å². The molecule has 2 aliphatic rings. The first kappa shape index (κ1) is 13.6. The third-order valence-corrected chi connectivity index (χ3v) is 5.21. The van der Waals surface area contributed by atoms with E-state index in [0.29, 0.717) is 26.1 Å². The average molecular weight is 276 g/mol. The van der Waals surface area contributed by atoms with Crippen LogP contribution in [0, 0.1) is 0 Å². The first-order valence-corrected chi connectivity index (χ1v) is 8.20. The lowest BCUT2D eigenvalue weighted by Crippen LogP contribution is -2.51. The van der Waals surface area contributed by atoms with Crippen LogP contribution in [-0.4, -0.2) is 62.7 Å². The van der Waals surface area contributed by atoms with Crippen molar-refractivity contribution in [3.05, 3.63) is 0 Å². The van der Waals surface area contributed by atoms with Gasteiger partial charge >= 0.3 is 6.03 Å². The van der Waals surface area contributed by atoms with Gasteiger partial charge in [-0.3, -0.25) is 0 Å². The molecule has 2 rings (SSSR count). The summed E-state index contributed by atoms with van der Waals surface area (Å²) in [5, 5.41) is 2.80. The molecule has 0 unspecified atom stereocenters. The number of morpholine rings is 1. The summed E-state index contributed by atoms with van der Waals surface area (Å²) in [4.78, 5) is 13.7. The zero-order valence-electron chi connectivity index (χ0n) is 10.6. The van der Waals surface area contributed by atoms with Gasteiger partial charge in [-0.2, -0.15) is 0 Å². The zero-order chi connectivity index (χ0) is 13.2. The molecule has 0 aromatic carbocycles. The number of carbonyl (C=O) groups is 1. The van der Waals surface area contributed by atoms with Crippen LogP contribution in [0.15, 0.2) is 0 Å². The van der Waals surface area contributed by atoms with Crippen molar-refractivity contribution >= 4 is 15.9 Å². The molecule has 2 amide bonds. The molecule has 18 heavy (non-hydrogen) atoms. The quantitative estimate of drug-likeness (QED) is 0.770. The monoisotopic (exact) mass is 276 g/mol. The Morgan fingerprint density at radius 1 is 1.50 bits per heavy atom. The van der Waals surface area contributed by atoms with E-state index in [9.17, 15) is 13.2 Å². The molecule has 6 nitrogen and oxygen atoms in total. The van der Waals surface area contributed by atoms with E-state index in [-0.39, 0.29) is 29.7 Å². The number of hydrogen-bond donors (Lipinski definition) is 1. The third-order valence-electron chi connectivity index (χ3n) is 3.44. The van der Waals surface area contributed by atoms with Crippen molar-refractivity contribution in [1.82, 2.24) is 10.2 Å². The number of carbonyl (C=O) groups excluding carboxylic acids is 1. The van der Waals surface area contributed by atoms with Crippen LogP contribution in [-0.2, 0) is 14.6 Å². The largest absolute Gasteiger partial charge is 0.375 e. The van der Waals surface area contributed by atoms with Crippen LogP contribution in [0.2, 0.25) is 0 Å². The summed E-state index contributed by atoms with van der Waals surface area (Å²) < 4.78 is 28.1. The normalized spacial score (nSPS) is 31.3. The maximum absolute atomic E-state index is 12.0. The molecule has 0 aromatic rings. The van der Waals surface area contributed by atoms with E-state index < -0.39 is 9.84 Å². The molecule has 1 N–H and O–H groups in total.